The first-order valence-corrected chi connectivity index (χ1v) is 7.63. The maximum atomic E-state index is 6.00. The smallest absolute Gasteiger partial charge is 0.162 e. The van der Waals surface area contributed by atoms with Crippen LogP contribution < -0.4 is 5.32 Å². The summed E-state index contributed by atoms with van der Waals surface area (Å²) in [7, 11) is 0. The van der Waals surface area contributed by atoms with Gasteiger partial charge in [-0.05, 0) is 33.1 Å². The monoisotopic (exact) mass is 277 g/mol. The first kappa shape index (κ1) is 15.2. The van der Waals surface area contributed by atoms with E-state index >= 15 is 0 Å². The highest BCUT2D eigenvalue weighted by Gasteiger charge is 2.34. The zero-order valence-corrected chi connectivity index (χ0v) is 13.4. The Bertz CT molecular complexity index is 459. The quantitative estimate of drug-likeness (QED) is 0.916. The molecule has 1 saturated heterocycles. The number of nitrogens with zero attached hydrogens (tertiary/aromatic N) is 2. The summed E-state index contributed by atoms with van der Waals surface area (Å²) in [5.74, 6) is 1.72. The Kier molecular flexibility index (Phi) is 4.33. The molecule has 0 saturated carbocycles. The number of nitrogens with one attached hydrogen (secondary N) is 1. The second kappa shape index (κ2) is 5.68. The molecule has 1 aliphatic rings. The van der Waals surface area contributed by atoms with Gasteiger partial charge in [0.05, 0.1) is 5.69 Å². The Hall–Kier alpha value is -1.16. The Labute approximate surface area is 122 Å². The van der Waals surface area contributed by atoms with Crippen molar-refractivity contribution in [1.29, 1.82) is 0 Å². The van der Waals surface area contributed by atoms with E-state index in [0.29, 0.717) is 0 Å². The standard InChI is InChI=1S/C16H27N3O/c1-6-17-13-11-12(15(2,3)4)18-14(19-13)16(5)9-7-8-10-20-16/h11H,6-10H2,1-5H3,(H,17,18,19). The Morgan fingerprint density at radius 2 is 2.05 bits per heavy atom. The molecule has 1 aromatic rings. The molecular formula is C16H27N3O. The van der Waals surface area contributed by atoms with E-state index in [0.717, 1.165) is 43.3 Å². The van der Waals surface area contributed by atoms with Crippen LogP contribution in [0.15, 0.2) is 6.07 Å². The van der Waals surface area contributed by atoms with Crippen LogP contribution in [0.1, 0.15) is 65.4 Å². The third-order valence-electron chi connectivity index (χ3n) is 3.79. The largest absolute Gasteiger partial charge is 0.370 e. The van der Waals surface area contributed by atoms with E-state index in [1.54, 1.807) is 0 Å². The summed E-state index contributed by atoms with van der Waals surface area (Å²) >= 11 is 0. The average molecular weight is 277 g/mol. The summed E-state index contributed by atoms with van der Waals surface area (Å²) in [5, 5.41) is 3.31. The predicted octanol–water partition coefficient (Wildman–Crippen LogP) is 3.62. The van der Waals surface area contributed by atoms with Crippen molar-refractivity contribution in [2.24, 2.45) is 0 Å². The highest BCUT2D eigenvalue weighted by atomic mass is 16.5. The molecule has 0 spiro atoms. The van der Waals surface area contributed by atoms with Crippen LogP contribution in [0.25, 0.3) is 0 Å². The lowest BCUT2D eigenvalue weighted by atomic mass is 9.90. The summed E-state index contributed by atoms with van der Waals surface area (Å²) in [6.07, 6.45) is 3.30. The summed E-state index contributed by atoms with van der Waals surface area (Å²) in [5.41, 5.74) is 0.727. The van der Waals surface area contributed by atoms with Gasteiger partial charge in [0.1, 0.15) is 11.4 Å². The van der Waals surface area contributed by atoms with Gasteiger partial charge in [-0.2, -0.15) is 0 Å². The van der Waals surface area contributed by atoms with Crippen molar-refractivity contribution in [2.75, 3.05) is 18.5 Å². The molecule has 1 aliphatic heterocycles. The molecule has 4 heteroatoms. The van der Waals surface area contributed by atoms with Gasteiger partial charge in [-0.1, -0.05) is 20.8 Å². The van der Waals surface area contributed by atoms with E-state index < -0.39 is 0 Å². The van der Waals surface area contributed by atoms with Crippen LogP contribution in [0, 0.1) is 0 Å². The van der Waals surface area contributed by atoms with Crippen LogP contribution in [-0.2, 0) is 15.8 Å². The molecule has 0 amide bonds. The number of hydrogen-bond donors (Lipinski definition) is 1. The van der Waals surface area contributed by atoms with E-state index in [4.69, 9.17) is 9.72 Å². The maximum Gasteiger partial charge on any atom is 0.162 e. The first-order valence-electron chi connectivity index (χ1n) is 7.63. The fourth-order valence-corrected chi connectivity index (χ4v) is 2.45. The van der Waals surface area contributed by atoms with Crippen LogP contribution in [0.3, 0.4) is 0 Å². The second-order valence-electron chi connectivity index (χ2n) is 6.78. The summed E-state index contributed by atoms with van der Waals surface area (Å²) in [6.45, 7) is 12.4. The van der Waals surface area contributed by atoms with Crippen LogP contribution in [0.4, 0.5) is 5.82 Å². The van der Waals surface area contributed by atoms with Crippen LogP contribution >= 0.6 is 0 Å². The summed E-state index contributed by atoms with van der Waals surface area (Å²) < 4.78 is 6.00. The molecule has 2 heterocycles. The molecule has 1 fully saturated rings. The molecule has 0 radical (unpaired) electrons. The zero-order valence-electron chi connectivity index (χ0n) is 13.4. The molecule has 0 aliphatic carbocycles. The Morgan fingerprint density at radius 1 is 1.30 bits per heavy atom. The molecular weight excluding hydrogens is 250 g/mol. The van der Waals surface area contributed by atoms with Crippen LogP contribution in [-0.4, -0.2) is 23.1 Å². The maximum absolute atomic E-state index is 6.00. The number of ether oxygens (including phenoxy) is 1. The second-order valence-corrected chi connectivity index (χ2v) is 6.78. The van der Waals surface area contributed by atoms with Gasteiger partial charge in [-0.3, -0.25) is 0 Å². The van der Waals surface area contributed by atoms with E-state index in [1.165, 1.54) is 6.42 Å². The van der Waals surface area contributed by atoms with Gasteiger partial charge in [-0.15, -0.1) is 0 Å². The summed E-state index contributed by atoms with van der Waals surface area (Å²) in [4.78, 5) is 9.49. The topological polar surface area (TPSA) is 47.0 Å². The lowest BCUT2D eigenvalue weighted by Crippen LogP contribution is -2.33. The van der Waals surface area contributed by atoms with E-state index in [9.17, 15) is 0 Å². The minimum Gasteiger partial charge on any atom is -0.370 e. The summed E-state index contributed by atoms with van der Waals surface area (Å²) in [6, 6.07) is 2.05. The fourth-order valence-electron chi connectivity index (χ4n) is 2.45. The van der Waals surface area contributed by atoms with E-state index in [-0.39, 0.29) is 11.0 Å². The van der Waals surface area contributed by atoms with Crippen molar-refractivity contribution >= 4 is 5.82 Å². The van der Waals surface area contributed by atoms with Gasteiger partial charge in [0.25, 0.3) is 0 Å². The Balaban J connectivity index is 2.43. The molecule has 0 bridgehead atoms. The number of anilines is 1. The van der Waals surface area contributed by atoms with Crippen molar-refractivity contribution in [3.8, 4) is 0 Å². The van der Waals surface area contributed by atoms with Crippen LogP contribution in [0.2, 0.25) is 0 Å². The van der Waals surface area contributed by atoms with Crippen molar-refractivity contribution < 1.29 is 4.74 Å². The van der Waals surface area contributed by atoms with E-state index in [1.807, 2.05) is 0 Å². The van der Waals surface area contributed by atoms with Crippen molar-refractivity contribution in [1.82, 2.24) is 9.97 Å². The third-order valence-corrected chi connectivity index (χ3v) is 3.79. The molecule has 1 aromatic heterocycles. The molecule has 1 unspecified atom stereocenters. The van der Waals surface area contributed by atoms with Gasteiger partial charge in [0, 0.05) is 24.6 Å². The number of hydrogen-bond acceptors (Lipinski definition) is 4. The predicted molar refractivity (Wildman–Crippen MR) is 82.1 cm³/mol. The lowest BCUT2D eigenvalue weighted by Gasteiger charge is -2.33. The highest BCUT2D eigenvalue weighted by Crippen LogP contribution is 2.34. The molecule has 1 atom stereocenters. The van der Waals surface area contributed by atoms with Gasteiger partial charge in [-0.25, -0.2) is 9.97 Å². The number of aromatic nitrogens is 2. The molecule has 0 aromatic carbocycles. The van der Waals surface area contributed by atoms with Gasteiger partial charge in [0.2, 0.25) is 0 Å². The SMILES string of the molecule is CCNc1cc(C(C)(C)C)nc(C2(C)CCCCO2)n1. The lowest BCUT2D eigenvalue weighted by molar-refractivity contribution is -0.0761. The minimum absolute atomic E-state index is 0.00683. The normalized spacial score (nSPS) is 23.6. The van der Waals surface area contributed by atoms with Crippen molar-refractivity contribution in [3.05, 3.63) is 17.6 Å². The number of rotatable bonds is 3. The minimum atomic E-state index is -0.344. The molecule has 1 N–H and O–H groups in total. The molecule has 20 heavy (non-hydrogen) atoms. The highest BCUT2D eigenvalue weighted by molar-refractivity contribution is 5.38. The molecule has 4 nitrogen and oxygen atoms in total. The van der Waals surface area contributed by atoms with Crippen molar-refractivity contribution in [3.63, 3.8) is 0 Å². The third kappa shape index (κ3) is 3.29. The van der Waals surface area contributed by atoms with Crippen molar-refractivity contribution in [2.45, 2.75) is 64.9 Å². The fraction of sp³-hybridized carbons (Fsp3) is 0.750. The Morgan fingerprint density at radius 3 is 2.60 bits per heavy atom. The van der Waals surface area contributed by atoms with E-state index in [2.05, 4.69) is 51.0 Å². The van der Waals surface area contributed by atoms with Crippen LogP contribution in [0.5, 0.6) is 0 Å². The molecule has 2 rings (SSSR count). The molecule has 112 valence electrons. The van der Waals surface area contributed by atoms with Gasteiger partial charge >= 0.3 is 0 Å². The first-order chi connectivity index (χ1) is 9.35. The van der Waals surface area contributed by atoms with Gasteiger partial charge < -0.3 is 10.1 Å². The van der Waals surface area contributed by atoms with Gasteiger partial charge in [0.15, 0.2) is 5.82 Å². The zero-order chi connectivity index (χ0) is 14.8. The average Bonchev–Trinajstić information content (AvgIpc) is 2.39.